The lowest BCUT2D eigenvalue weighted by molar-refractivity contribution is -0.140. The van der Waals surface area contributed by atoms with Crippen LogP contribution in [0, 0.1) is 26.6 Å². The molecule has 0 aliphatic heterocycles. The van der Waals surface area contributed by atoms with Crippen molar-refractivity contribution in [2.45, 2.75) is 76.4 Å². The number of amides is 2. The number of anilines is 1. The molecule has 0 saturated heterocycles. The van der Waals surface area contributed by atoms with Crippen LogP contribution in [0.15, 0.2) is 102 Å². The second-order valence-electron chi connectivity index (χ2n) is 12.4. The maximum Gasteiger partial charge on any atom is 0.264 e. The van der Waals surface area contributed by atoms with Crippen molar-refractivity contribution in [3.05, 3.63) is 131 Å². The number of carbonyl (C=O) groups is 2. The van der Waals surface area contributed by atoms with Crippen LogP contribution in [0.2, 0.25) is 0 Å². The third kappa shape index (κ3) is 8.27. The van der Waals surface area contributed by atoms with E-state index in [4.69, 9.17) is 0 Å². The van der Waals surface area contributed by atoms with Crippen molar-refractivity contribution in [2.75, 3.05) is 10.8 Å². The summed E-state index contributed by atoms with van der Waals surface area (Å²) in [7, 11) is -4.20. The van der Waals surface area contributed by atoms with Gasteiger partial charge < -0.3 is 10.2 Å². The van der Waals surface area contributed by atoms with Crippen LogP contribution in [0.1, 0.15) is 53.5 Å². The Morgan fingerprint density at radius 1 is 0.830 bits per heavy atom. The summed E-state index contributed by atoms with van der Waals surface area (Å²) in [6, 6.07) is 26.2. The van der Waals surface area contributed by atoms with Crippen molar-refractivity contribution < 1.29 is 22.4 Å². The molecule has 0 bridgehead atoms. The molecule has 1 fully saturated rings. The second-order valence-corrected chi connectivity index (χ2v) is 14.2. The first-order valence-corrected chi connectivity index (χ1v) is 17.5. The SMILES string of the molecule is Cc1ccc(S(=O)(=O)N(CC(=O)N(Cc2ccc(F)cc2)C(Cc2ccccc2)C(=O)NC2CCCC2)c2cccc(C)c2C)cc1. The summed E-state index contributed by atoms with van der Waals surface area (Å²) in [5, 5.41) is 3.17. The molecule has 1 saturated carbocycles. The van der Waals surface area contributed by atoms with E-state index in [1.807, 2.05) is 57.2 Å². The van der Waals surface area contributed by atoms with Crippen molar-refractivity contribution >= 4 is 27.5 Å². The predicted molar refractivity (Wildman–Crippen MR) is 183 cm³/mol. The summed E-state index contributed by atoms with van der Waals surface area (Å²) in [6.07, 6.45) is 4.00. The average molecular weight is 656 g/mol. The minimum atomic E-state index is -4.20. The number of nitrogens with one attached hydrogen (secondary N) is 1. The van der Waals surface area contributed by atoms with Crippen LogP contribution in [0.3, 0.4) is 0 Å². The van der Waals surface area contributed by atoms with Gasteiger partial charge in [0.1, 0.15) is 18.4 Å². The number of sulfonamides is 1. The Balaban J connectivity index is 1.58. The molecule has 5 rings (SSSR count). The van der Waals surface area contributed by atoms with Crippen molar-refractivity contribution in [3.8, 4) is 0 Å². The number of halogens is 1. The first-order chi connectivity index (χ1) is 22.5. The van der Waals surface area contributed by atoms with Gasteiger partial charge in [0.2, 0.25) is 11.8 Å². The van der Waals surface area contributed by atoms with E-state index in [0.29, 0.717) is 11.3 Å². The molecule has 0 aromatic heterocycles. The van der Waals surface area contributed by atoms with Gasteiger partial charge in [0, 0.05) is 19.0 Å². The number of carbonyl (C=O) groups excluding carboxylic acids is 2. The largest absolute Gasteiger partial charge is 0.352 e. The van der Waals surface area contributed by atoms with E-state index in [9.17, 15) is 22.4 Å². The van der Waals surface area contributed by atoms with E-state index in [1.54, 1.807) is 36.4 Å². The summed E-state index contributed by atoms with van der Waals surface area (Å²) in [6.45, 7) is 5.04. The molecule has 1 atom stereocenters. The maximum atomic E-state index is 14.7. The number of benzene rings is 4. The molecule has 7 nitrogen and oxygen atoms in total. The van der Waals surface area contributed by atoms with Crippen molar-refractivity contribution in [2.24, 2.45) is 0 Å². The Hall–Kier alpha value is -4.50. The molecule has 1 aliphatic rings. The molecule has 0 radical (unpaired) electrons. The van der Waals surface area contributed by atoms with Crippen LogP contribution in [-0.4, -0.2) is 43.8 Å². The quantitative estimate of drug-likeness (QED) is 0.185. The number of aryl methyl sites for hydroxylation is 2. The summed E-state index contributed by atoms with van der Waals surface area (Å²) in [5.41, 5.74) is 4.36. The first-order valence-electron chi connectivity index (χ1n) is 16.1. The predicted octanol–water partition coefficient (Wildman–Crippen LogP) is 6.65. The highest BCUT2D eigenvalue weighted by atomic mass is 32.2. The smallest absolute Gasteiger partial charge is 0.264 e. The molecule has 1 aliphatic carbocycles. The normalized spacial score (nSPS) is 14.0. The highest BCUT2D eigenvalue weighted by molar-refractivity contribution is 7.92. The zero-order chi connectivity index (χ0) is 33.6. The molecular weight excluding hydrogens is 614 g/mol. The second kappa shape index (κ2) is 14.9. The van der Waals surface area contributed by atoms with Gasteiger partial charge in [-0.2, -0.15) is 0 Å². The number of rotatable bonds is 12. The lowest BCUT2D eigenvalue weighted by Gasteiger charge is -2.34. The van der Waals surface area contributed by atoms with Gasteiger partial charge in [-0.25, -0.2) is 12.8 Å². The van der Waals surface area contributed by atoms with Gasteiger partial charge in [0.25, 0.3) is 10.0 Å². The fourth-order valence-electron chi connectivity index (χ4n) is 6.06. The third-order valence-corrected chi connectivity index (χ3v) is 10.7. The Kier molecular flexibility index (Phi) is 10.8. The Morgan fingerprint density at radius 2 is 1.49 bits per heavy atom. The van der Waals surface area contributed by atoms with E-state index in [2.05, 4.69) is 5.32 Å². The van der Waals surface area contributed by atoms with Crippen LogP contribution in [0.4, 0.5) is 10.1 Å². The maximum absolute atomic E-state index is 14.7. The highest BCUT2D eigenvalue weighted by Crippen LogP contribution is 2.30. The Labute approximate surface area is 277 Å². The van der Waals surface area contributed by atoms with E-state index in [0.717, 1.165) is 52.2 Å². The Bertz CT molecular complexity index is 1790. The van der Waals surface area contributed by atoms with Crippen LogP contribution in [0.5, 0.6) is 0 Å². The zero-order valence-electron chi connectivity index (χ0n) is 27.2. The third-order valence-electron chi connectivity index (χ3n) is 8.97. The fourth-order valence-corrected chi connectivity index (χ4v) is 7.54. The van der Waals surface area contributed by atoms with Crippen LogP contribution >= 0.6 is 0 Å². The minimum Gasteiger partial charge on any atom is -0.352 e. The van der Waals surface area contributed by atoms with Gasteiger partial charge in [-0.05, 0) is 86.2 Å². The molecule has 0 spiro atoms. The topological polar surface area (TPSA) is 86.8 Å². The van der Waals surface area contributed by atoms with E-state index < -0.39 is 34.3 Å². The monoisotopic (exact) mass is 655 g/mol. The molecule has 1 N–H and O–H groups in total. The lowest BCUT2D eigenvalue weighted by Crippen LogP contribution is -2.54. The summed E-state index contributed by atoms with van der Waals surface area (Å²) in [4.78, 5) is 30.3. The molecule has 2 amide bonds. The summed E-state index contributed by atoms with van der Waals surface area (Å²) < 4.78 is 43.7. The van der Waals surface area contributed by atoms with Gasteiger partial charge in [-0.1, -0.05) is 85.1 Å². The van der Waals surface area contributed by atoms with Gasteiger partial charge in [-0.3, -0.25) is 13.9 Å². The molecular formula is C38H42FN3O4S. The standard InChI is InChI=1S/C38H42FN3O4S/c1-27-16-22-34(23-17-27)47(45,46)42(35-15-9-10-28(2)29(35)3)26-37(43)41(25-31-18-20-32(39)21-19-31)36(24-30-11-5-4-6-12-30)38(44)40-33-13-7-8-14-33/h4-6,9-12,15-23,33,36H,7-8,13-14,24-26H2,1-3H3,(H,40,44). The van der Waals surface area contributed by atoms with Crippen molar-refractivity contribution in [3.63, 3.8) is 0 Å². The van der Waals surface area contributed by atoms with Crippen molar-refractivity contribution in [1.82, 2.24) is 10.2 Å². The minimum absolute atomic E-state index is 0.0110. The summed E-state index contributed by atoms with van der Waals surface area (Å²) >= 11 is 0. The molecule has 0 heterocycles. The van der Waals surface area contributed by atoms with Gasteiger partial charge in [-0.15, -0.1) is 0 Å². The van der Waals surface area contributed by atoms with E-state index >= 15 is 0 Å². The van der Waals surface area contributed by atoms with Crippen LogP contribution in [-0.2, 0) is 32.6 Å². The molecule has 246 valence electrons. The van der Waals surface area contributed by atoms with E-state index in [-0.39, 0.29) is 29.8 Å². The first kappa shape index (κ1) is 33.9. The average Bonchev–Trinajstić information content (AvgIpc) is 3.57. The lowest BCUT2D eigenvalue weighted by atomic mass is 10.0. The zero-order valence-corrected chi connectivity index (χ0v) is 28.0. The molecule has 1 unspecified atom stereocenters. The van der Waals surface area contributed by atoms with Crippen LogP contribution in [0.25, 0.3) is 0 Å². The highest BCUT2D eigenvalue weighted by Gasteiger charge is 2.36. The van der Waals surface area contributed by atoms with Crippen LogP contribution < -0.4 is 9.62 Å². The number of hydrogen-bond acceptors (Lipinski definition) is 4. The van der Waals surface area contributed by atoms with E-state index in [1.165, 1.54) is 29.2 Å². The fraction of sp³-hybridized carbons (Fsp3) is 0.316. The van der Waals surface area contributed by atoms with Gasteiger partial charge in [0.05, 0.1) is 10.6 Å². The number of hydrogen-bond donors (Lipinski definition) is 1. The van der Waals surface area contributed by atoms with Gasteiger partial charge >= 0.3 is 0 Å². The Morgan fingerprint density at radius 3 is 2.15 bits per heavy atom. The van der Waals surface area contributed by atoms with Gasteiger partial charge in [0.15, 0.2) is 0 Å². The van der Waals surface area contributed by atoms with Crippen molar-refractivity contribution in [1.29, 1.82) is 0 Å². The summed E-state index contributed by atoms with van der Waals surface area (Å²) in [5.74, 6) is -1.26. The number of nitrogens with zero attached hydrogens (tertiary/aromatic N) is 2. The molecule has 9 heteroatoms. The molecule has 4 aromatic rings. The molecule has 47 heavy (non-hydrogen) atoms. The molecule has 4 aromatic carbocycles.